The van der Waals surface area contributed by atoms with Gasteiger partial charge in [0.15, 0.2) is 0 Å². The van der Waals surface area contributed by atoms with E-state index in [4.69, 9.17) is 4.74 Å². The summed E-state index contributed by atoms with van der Waals surface area (Å²) in [6.45, 7) is 12.0. The molecule has 0 aromatic rings. The summed E-state index contributed by atoms with van der Waals surface area (Å²) in [5.74, 6) is 0.0943. The first-order valence-corrected chi connectivity index (χ1v) is 8.32. The predicted octanol–water partition coefficient (Wildman–Crippen LogP) is 2.97. The second kappa shape index (κ2) is 11.7. The van der Waals surface area contributed by atoms with E-state index >= 15 is 0 Å². The molecule has 1 atom stereocenters. The van der Waals surface area contributed by atoms with Gasteiger partial charge in [-0.2, -0.15) is 0 Å². The smallest absolute Gasteiger partial charge is 0.408 e. The first kappa shape index (κ1) is 25.5. The van der Waals surface area contributed by atoms with E-state index in [2.05, 4.69) is 30.8 Å². The lowest BCUT2D eigenvalue weighted by molar-refractivity contribution is -0.150. The van der Waals surface area contributed by atoms with Gasteiger partial charge in [0.2, 0.25) is 5.91 Å². The summed E-state index contributed by atoms with van der Waals surface area (Å²) < 4.78 is 9.69. The van der Waals surface area contributed by atoms with Gasteiger partial charge in [-0.15, -0.1) is 0 Å². The zero-order valence-electron chi connectivity index (χ0n) is 16.0. The van der Waals surface area contributed by atoms with E-state index in [0.29, 0.717) is 13.0 Å². The third-order valence-electron chi connectivity index (χ3n) is 2.83. The van der Waals surface area contributed by atoms with Crippen LogP contribution in [0, 0.1) is 5.92 Å². The van der Waals surface area contributed by atoms with Gasteiger partial charge in [-0.1, -0.05) is 28.2 Å². The van der Waals surface area contributed by atoms with Gasteiger partial charge in [-0.3, -0.25) is 4.79 Å². The fourth-order valence-electron chi connectivity index (χ4n) is 2.01. The molecule has 0 unspecified atom stereocenters. The number of carbonyl (C=O) groups excluding carboxylic acids is 3. The van der Waals surface area contributed by atoms with Crippen molar-refractivity contribution in [1.82, 2.24) is 10.2 Å². The second-order valence-corrected chi connectivity index (χ2v) is 7.36. The Kier molecular flexibility index (Phi) is 11.9. The number of methoxy groups -OCH3 is 1. The van der Waals surface area contributed by atoms with Crippen molar-refractivity contribution in [2.75, 3.05) is 20.2 Å². The molecule has 1 rings (SSSR count). The molecule has 1 N–H and O–H groups in total. The van der Waals surface area contributed by atoms with Crippen molar-refractivity contribution < 1.29 is 23.9 Å². The number of hydrogen-bond acceptors (Lipinski definition) is 5. The van der Waals surface area contributed by atoms with Gasteiger partial charge in [0.05, 0.1) is 7.11 Å². The number of carbonyl (C=O) groups is 3. The van der Waals surface area contributed by atoms with Gasteiger partial charge in [-0.05, 0) is 39.5 Å². The van der Waals surface area contributed by atoms with E-state index < -0.39 is 23.7 Å². The van der Waals surface area contributed by atoms with Gasteiger partial charge < -0.3 is 19.7 Å². The number of esters is 1. The first-order chi connectivity index (χ1) is 11.0. The minimum atomic E-state index is -0.653. The van der Waals surface area contributed by atoms with Crippen LogP contribution in [0.4, 0.5) is 4.79 Å². The van der Waals surface area contributed by atoms with Crippen molar-refractivity contribution in [3.05, 3.63) is 0 Å². The van der Waals surface area contributed by atoms with Crippen LogP contribution in [0.25, 0.3) is 0 Å². The average molecular weight is 360 g/mol. The largest absolute Gasteiger partial charge is 0.467 e. The molecule has 0 bridgehead atoms. The Balaban J connectivity index is 0. The Hall–Kier alpha value is -1.79. The number of nitrogens with one attached hydrogen (secondary N) is 1. The number of rotatable bonds is 3. The lowest BCUT2D eigenvalue weighted by atomic mass is 10.2. The quantitative estimate of drug-likeness (QED) is 0.782. The monoisotopic (exact) mass is 360 g/mol. The Bertz CT molecular complexity index is 427. The summed E-state index contributed by atoms with van der Waals surface area (Å²) in [4.78, 5) is 36.4. The molecule has 0 spiro atoms. The highest BCUT2D eigenvalue weighted by Crippen LogP contribution is 2.18. The Morgan fingerprint density at radius 3 is 2.16 bits per heavy atom. The van der Waals surface area contributed by atoms with E-state index in [1.165, 1.54) is 12.0 Å². The summed E-state index contributed by atoms with van der Waals surface area (Å²) in [5, 5.41) is 2.39. The van der Waals surface area contributed by atoms with Crippen LogP contribution < -0.4 is 5.32 Å². The van der Waals surface area contributed by atoms with Gasteiger partial charge in [0.25, 0.3) is 0 Å². The maximum absolute atomic E-state index is 12.0. The van der Waals surface area contributed by atoms with Crippen LogP contribution in [0.2, 0.25) is 0 Å². The topological polar surface area (TPSA) is 84.9 Å². The minimum Gasteiger partial charge on any atom is -0.467 e. The van der Waals surface area contributed by atoms with Crippen LogP contribution in [0.3, 0.4) is 0 Å². The highest BCUT2D eigenvalue weighted by molar-refractivity contribution is 5.87. The van der Waals surface area contributed by atoms with Crippen molar-refractivity contribution >= 4 is 18.0 Å². The van der Waals surface area contributed by atoms with Crippen LogP contribution in [-0.4, -0.2) is 54.7 Å². The molecule has 1 heterocycles. The summed E-state index contributed by atoms with van der Waals surface area (Å²) in [5.41, 5.74) is -0.616. The number of alkyl carbamates (subject to hydrolysis) is 1. The summed E-state index contributed by atoms with van der Waals surface area (Å²) >= 11 is 0. The molecule has 0 aromatic heterocycles. The van der Waals surface area contributed by atoms with Crippen LogP contribution in [0.1, 0.15) is 61.8 Å². The van der Waals surface area contributed by atoms with Gasteiger partial charge in [0.1, 0.15) is 18.2 Å². The van der Waals surface area contributed by atoms with E-state index in [9.17, 15) is 14.4 Å². The van der Waals surface area contributed by atoms with Gasteiger partial charge in [-0.25, -0.2) is 9.59 Å². The lowest BCUT2D eigenvalue weighted by Gasteiger charge is -2.23. The molecular formula is C18H36N2O5. The molecule has 1 saturated heterocycles. The Morgan fingerprint density at radius 2 is 1.72 bits per heavy atom. The van der Waals surface area contributed by atoms with Crippen LogP contribution in [0.5, 0.6) is 0 Å². The molecule has 25 heavy (non-hydrogen) atoms. The fraction of sp³-hybridized carbons (Fsp3) is 0.833. The third kappa shape index (κ3) is 11.4. The van der Waals surface area contributed by atoms with E-state index in [-0.39, 0.29) is 19.9 Å². The Labute approximate surface area is 152 Å². The molecule has 1 aliphatic heterocycles. The zero-order valence-corrected chi connectivity index (χ0v) is 16.0. The summed E-state index contributed by atoms with van der Waals surface area (Å²) in [6.07, 6.45) is 0.683. The molecular weight excluding hydrogens is 324 g/mol. The number of amides is 2. The molecule has 0 aromatic carbocycles. The van der Waals surface area contributed by atoms with Crippen LogP contribution >= 0.6 is 0 Å². The van der Waals surface area contributed by atoms with E-state index in [1.54, 1.807) is 20.8 Å². The molecule has 7 heteroatoms. The fourth-order valence-corrected chi connectivity index (χ4v) is 2.01. The van der Waals surface area contributed by atoms with Crippen molar-refractivity contribution in [2.45, 2.75) is 73.5 Å². The molecule has 0 aliphatic carbocycles. The van der Waals surface area contributed by atoms with Crippen molar-refractivity contribution in [3.63, 3.8) is 0 Å². The molecule has 148 valence electrons. The van der Waals surface area contributed by atoms with Crippen LogP contribution in [0.15, 0.2) is 0 Å². The van der Waals surface area contributed by atoms with Gasteiger partial charge >= 0.3 is 12.1 Å². The maximum atomic E-state index is 12.0. The first-order valence-electron chi connectivity index (χ1n) is 8.32. The lowest BCUT2D eigenvalue weighted by Crippen LogP contribution is -2.46. The number of nitrogens with zero attached hydrogens (tertiary/aromatic N) is 1. The number of ether oxygens (including phenoxy) is 2. The van der Waals surface area contributed by atoms with Crippen molar-refractivity contribution in [3.8, 4) is 0 Å². The van der Waals surface area contributed by atoms with E-state index in [1.807, 2.05) is 0 Å². The standard InChI is InChI=1S/C13H22N2O5.C4H10.CH4/c1-13(2,3)20-12(18)14-8-10(16)15-7-5-6-9(15)11(17)19-4;1-4(2)3;/h9H,5-8H2,1-4H3,(H,14,18);4H,1-3H3;1H4/t9-;;/m0../s1. The minimum absolute atomic E-state index is 0. The van der Waals surface area contributed by atoms with Gasteiger partial charge in [0, 0.05) is 6.54 Å². The summed E-state index contributed by atoms with van der Waals surface area (Å²) in [7, 11) is 1.29. The SMILES string of the molecule is C.CC(C)C.COC(=O)[C@@H]1CCCN1C(=O)CNC(=O)OC(C)(C)C. The molecule has 0 radical (unpaired) electrons. The Morgan fingerprint density at radius 1 is 1.20 bits per heavy atom. The van der Waals surface area contributed by atoms with Crippen LogP contribution in [-0.2, 0) is 19.1 Å². The highest BCUT2D eigenvalue weighted by Gasteiger charge is 2.34. The average Bonchev–Trinajstić information content (AvgIpc) is 2.90. The normalized spacial score (nSPS) is 16.3. The second-order valence-electron chi connectivity index (χ2n) is 7.36. The third-order valence-corrected chi connectivity index (χ3v) is 2.83. The van der Waals surface area contributed by atoms with E-state index in [0.717, 1.165) is 12.3 Å². The number of likely N-dealkylation sites (tertiary alicyclic amines) is 1. The molecule has 0 saturated carbocycles. The summed E-state index contributed by atoms with van der Waals surface area (Å²) in [6, 6.07) is -0.548. The highest BCUT2D eigenvalue weighted by atomic mass is 16.6. The zero-order chi connectivity index (χ0) is 18.9. The number of hydrogen-bond donors (Lipinski definition) is 1. The van der Waals surface area contributed by atoms with Crippen molar-refractivity contribution in [2.24, 2.45) is 5.92 Å². The molecule has 7 nitrogen and oxygen atoms in total. The molecule has 2 amide bonds. The maximum Gasteiger partial charge on any atom is 0.408 e. The molecule has 1 fully saturated rings. The van der Waals surface area contributed by atoms with Crippen molar-refractivity contribution in [1.29, 1.82) is 0 Å². The molecule has 1 aliphatic rings. The predicted molar refractivity (Wildman–Crippen MR) is 98.2 cm³/mol.